The molecule has 2 rings (SSSR count). The predicted molar refractivity (Wildman–Crippen MR) is 139 cm³/mol. The van der Waals surface area contributed by atoms with Gasteiger partial charge in [0.1, 0.15) is 5.75 Å². The van der Waals surface area contributed by atoms with Crippen LogP contribution in [0.3, 0.4) is 0 Å². The van der Waals surface area contributed by atoms with Crippen LogP contribution in [-0.4, -0.2) is 18.5 Å². The number of ether oxygens (including phenoxy) is 2. The Balaban J connectivity index is 2.60. The standard InChI is InChI=1S/C30H42O4/c1-8-11-13-25(30(32)33-10-3)27-19-24(20(4)5)18-26(21(6)7)28(27)34-29(31)23-16-14-22(12-9-2)15-17-23/h14-21,25H,8-13H2,1-7H3. The first-order chi connectivity index (χ1) is 16.2. The van der Waals surface area contributed by atoms with Gasteiger partial charge in [-0.15, -0.1) is 0 Å². The third kappa shape index (κ3) is 7.19. The van der Waals surface area contributed by atoms with Crippen molar-refractivity contribution in [3.8, 4) is 5.75 Å². The molecule has 0 spiro atoms. The van der Waals surface area contributed by atoms with Gasteiger partial charge >= 0.3 is 11.9 Å². The molecule has 2 aromatic rings. The molecule has 0 saturated carbocycles. The van der Waals surface area contributed by atoms with Gasteiger partial charge in [0.2, 0.25) is 0 Å². The lowest BCUT2D eigenvalue weighted by Gasteiger charge is -2.24. The first-order valence-electron chi connectivity index (χ1n) is 12.9. The van der Waals surface area contributed by atoms with Crippen LogP contribution < -0.4 is 4.74 Å². The second kappa shape index (κ2) is 13.3. The van der Waals surface area contributed by atoms with Crippen molar-refractivity contribution >= 4 is 11.9 Å². The normalized spacial score (nSPS) is 12.1. The minimum Gasteiger partial charge on any atom is -0.466 e. The Morgan fingerprint density at radius 3 is 2.03 bits per heavy atom. The number of carbonyl (C=O) groups is 2. The molecule has 34 heavy (non-hydrogen) atoms. The summed E-state index contributed by atoms with van der Waals surface area (Å²) in [6.45, 7) is 14.8. The van der Waals surface area contributed by atoms with Crippen molar-refractivity contribution in [3.63, 3.8) is 0 Å². The van der Waals surface area contributed by atoms with Crippen molar-refractivity contribution in [1.82, 2.24) is 0 Å². The number of hydrogen-bond acceptors (Lipinski definition) is 4. The van der Waals surface area contributed by atoms with E-state index in [0.29, 0.717) is 24.3 Å². The highest BCUT2D eigenvalue weighted by atomic mass is 16.5. The summed E-state index contributed by atoms with van der Waals surface area (Å²) in [6.07, 6.45) is 4.55. The maximum absolute atomic E-state index is 13.2. The van der Waals surface area contributed by atoms with Gasteiger partial charge in [0.15, 0.2) is 0 Å². The van der Waals surface area contributed by atoms with Gasteiger partial charge in [-0.3, -0.25) is 4.79 Å². The number of carbonyl (C=O) groups excluding carboxylic acids is 2. The van der Waals surface area contributed by atoms with Crippen molar-refractivity contribution in [1.29, 1.82) is 0 Å². The summed E-state index contributed by atoms with van der Waals surface area (Å²) in [4.78, 5) is 26.3. The van der Waals surface area contributed by atoms with Crippen LogP contribution in [0.25, 0.3) is 0 Å². The highest BCUT2D eigenvalue weighted by molar-refractivity contribution is 5.92. The molecule has 0 aliphatic heterocycles. The van der Waals surface area contributed by atoms with Crippen LogP contribution in [0.2, 0.25) is 0 Å². The van der Waals surface area contributed by atoms with Crippen LogP contribution >= 0.6 is 0 Å². The zero-order valence-corrected chi connectivity index (χ0v) is 22.1. The van der Waals surface area contributed by atoms with E-state index in [0.717, 1.165) is 42.4 Å². The zero-order chi connectivity index (χ0) is 25.3. The summed E-state index contributed by atoms with van der Waals surface area (Å²) in [5.74, 6) is -0.210. The van der Waals surface area contributed by atoms with Crippen LogP contribution in [-0.2, 0) is 16.0 Å². The molecule has 186 valence electrons. The lowest BCUT2D eigenvalue weighted by atomic mass is 9.85. The van der Waals surface area contributed by atoms with Crippen LogP contribution in [0, 0.1) is 0 Å². The third-order valence-electron chi connectivity index (χ3n) is 6.17. The largest absolute Gasteiger partial charge is 0.466 e. The summed E-state index contributed by atoms with van der Waals surface area (Å²) in [7, 11) is 0. The maximum Gasteiger partial charge on any atom is 0.343 e. The van der Waals surface area contributed by atoms with E-state index in [1.54, 1.807) is 0 Å². The molecule has 4 nitrogen and oxygen atoms in total. The van der Waals surface area contributed by atoms with Crippen molar-refractivity contribution in [2.45, 2.75) is 98.3 Å². The van der Waals surface area contributed by atoms with E-state index in [4.69, 9.17) is 9.47 Å². The first-order valence-corrected chi connectivity index (χ1v) is 12.9. The van der Waals surface area contributed by atoms with Crippen LogP contribution in [0.5, 0.6) is 5.75 Å². The van der Waals surface area contributed by atoms with Crippen LogP contribution in [0.4, 0.5) is 0 Å². The summed E-state index contributed by atoms with van der Waals surface area (Å²) in [5.41, 5.74) is 4.55. The lowest BCUT2D eigenvalue weighted by molar-refractivity contribution is -0.145. The number of rotatable bonds is 12. The average Bonchev–Trinajstić information content (AvgIpc) is 2.80. The quantitative estimate of drug-likeness (QED) is 0.235. The minimum atomic E-state index is -0.467. The molecule has 0 amide bonds. The Labute approximate surface area is 206 Å². The molecule has 2 aromatic carbocycles. The Morgan fingerprint density at radius 2 is 1.50 bits per heavy atom. The Kier molecular flexibility index (Phi) is 10.8. The molecular weight excluding hydrogens is 424 g/mol. The number of aryl methyl sites for hydroxylation is 1. The molecule has 1 unspecified atom stereocenters. The summed E-state index contributed by atoms with van der Waals surface area (Å²) < 4.78 is 11.6. The molecule has 0 fully saturated rings. The highest BCUT2D eigenvalue weighted by Crippen LogP contribution is 2.40. The van der Waals surface area contributed by atoms with Crippen molar-refractivity contribution in [2.75, 3.05) is 6.61 Å². The van der Waals surface area contributed by atoms with Crippen LogP contribution in [0.15, 0.2) is 36.4 Å². The van der Waals surface area contributed by atoms with Gasteiger partial charge in [-0.05, 0) is 60.4 Å². The summed E-state index contributed by atoms with van der Waals surface area (Å²) >= 11 is 0. The van der Waals surface area contributed by atoms with Gasteiger partial charge in [-0.1, -0.05) is 85.1 Å². The fourth-order valence-electron chi connectivity index (χ4n) is 4.14. The molecule has 0 saturated heterocycles. The molecular formula is C30H42O4. The Hall–Kier alpha value is -2.62. The number of benzene rings is 2. The Bertz CT molecular complexity index is 941. The highest BCUT2D eigenvalue weighted by Gasteiger charge is 2.29. The fraction of sp³-hybridized carbons (Fsp3) is 0.533. The van der Waals surface area contributed by atoms with E-state index in [1.165, 1.54) is 5.56 Å². The molecule has 0 aliphatic carbocycles. The van der Waals surface area contributed by atoms with E-state index in [-0.39, 0.29) is 17.8 Å². The third-order valence-corrected chi connectivity index (χ3v) is 6.17. The summed E-state index contributed by atoms with van der Waals surface area (Å²) in [5, 5.41) is 0. The second-order valence-electron chi connectivity index (χ2n) is 9.62. The molecule has 4 heteroatoms. The SMILES string of the molecule is CCCCC(C(=O)OCC)c1cc(C(C)C)cc(C(C)C)c1OC(=O)c1ccc(CCC)cc1. The van der Waals surface area contributed by atoms with Crippen molar-refractivity contribution < 1.29 is 19.1 Å². The van der Waals surface area contributed by atoms with Gasteiger partial charge in [-0.2, -0.15) is 0 Å². The lowest BCUT2D eigenvalue weighted by Crippen LogP contribution is -2.20. The minimum absolute atomic E-state index is 0.126. The van der Waals surface area contributed by atoms with Gasteiger partial charge in [0, 0.05) is 5.56 Å². The van der Waals surface area contributed by atoms with Gasteiger partial charge < -0.3 is 9.47 Å². The number of esters is 2. The van der Waals surface area contributed by atoms with E-state index in [9.17, 15) is 9.59 Å². The molecule has 0 aliphatic rings. The summed E-state index contributed by atoms with van der Waals surface area (Å²) in [6, 6.07) is 11.8. The Morgan fingerprint density at radius 1 is 0.853 bits per heavy atom. The monoisotopic (exact) mass is 466 g/mol. The smallest absolute Gasteiger partial charge is 0.343 e. The predicted octanol–water partition coefficient (Wildman–Crippen LogP) is 7.94. The molecule has 0 aromatic heterocycles. The van der Waals surface area contributed by atoms with E-state index in [2.05, 4.69) is 47.6 Å². The van der Waals surface area contributed by atoms with Crippen LogP contribution in [0.1, 0.15) is 125 Å². The topological polar surface area (TPSA) is 52.6 Å². The molecule has 0 N–H and O–H groups in total. The zero-order valence-electron chi connectivity index (χ0n) is 22.1. The van der Waals surface area contributed by atoms with E-state index < -0.39 is 11.9 Å². The van der Waals surface area contributed by atoms with E-state index >= 15 is 0 Å². The molecule has 1 atom stereocenters. The fourth-order valence-corrected chi connectivity index (χ4v) is 4.14. The van der Waals surface area contributed by atoms with Gasteiger partial charge in [0.25, 0.3) is 0 Å². The molecule has 0 heterocycles. The second-order valence-corrected chi connectivity index (χ2v) is 9.62. The molecule has 0 radical (unpaired) electrons. The maximum atomic E-state index is 13.2. The van der Waals surface area contributed by atoms with Crippen molar-refractivity contribution in [2.24, 2.45) is 0 Å². The number of unbranched alkanes of at least 4 members (excludes halogenated alkanes) is 1. The average molecular weight is 467 g/mol. The first kappa shape index (κ1) is 27.6. The van der Waals surface area contributed by atoms with E-state index in [1.807, 2.05) is 37.3 Å². The molecule has 0 bridgehead atoms. The van der Waals surface area contributed by atoms with Gasteiger partial charge in [-0.25, -0.2) is 4.79 Å². The number of hydrogen-bond donors (Lipinski definition) is 0. The van der Waals surface area contributed by atoms with Crippen molar-refractivity contribution in [3.05, 3.63) is 64.2 Å². The van der Waals surface area contributed by atoms with Gasteiger partial charge in [0.05, 0.1) is 18.1 Å².